The predicted molar refractivity (Wildman–Crippen MR) is 77.3 cm³/mol. The van der Waals surface area contributed by atoms with Gasteiger partial charge in [-0.25, -0.2) is 0 Å². The first-order valence-electron chi connectivity index (χ1n) is 6.21. The van der Waals surface area contributed by atoms with E-state index in [2.05, 4.69) is 6.58 Å². The number of hydrogen-bond donors (Lipinski definition) is 0. The van der Waals surface area contributed by atoms with Gasteiger partial charge in [-0.3, -0.25) is 0 Å². The summed E-state index contributed by atoms with van der Waals surface area (Å²) in [7, 11) is 1.63. The Morgan fingerprint density at radius 2 is 1.95 bits per heavy atom. The molecule has 3 heteroatoms. The number of ether oxygens (including phenoxy) is 2. The van der Waals surface area contributed by atoms with E-state index in [9.17, 15) is 0 Å². The van der Waals surface area contributed by atoms with Crippen molar-refractivity contribution in [2.75, 3.05) is 7.11 Å². The van der Waals surface area contributed by atoms with Gasteiger partial charge in [-0.1, -0.05) is 12.2 Å². The second-order valence-corrected chi connectivity index (χ2v) is 4.68. The maximum absolute atomic E-state index is 5.66. The Morgan fingerprint density at radius 3 is 2.42 bits per heavy atom. The average molecular weight is 262 g/mol. The monoisotopic (exact) mass is 262 g/mol. The van der Waals surface area contributed by atoms with E-state index in [1.165, 1.54) is 0 Å². The van der Waals surface area contributed by atoms with Crippen molar-refractivity contribution in [2.45, 2.75) is 34.3 Å². The van der Waals surface area contributed by atoms with Crippen molar-refractivity contribution in [1.29, 1.82) is 0 Å². The summed E-state index contributed by atoms with van der Waals surface area (Å²) in [5, 5.41) is 0. The standard InChI is InChI=1S/C16H22O3/c1-11(2)9-16(17-6)13(5)18-10-14-7-8-15(19-14)12(3)4/h7-9H,3,10H2,1-2,4-6H3/b16-13-. The molecule has 0 fully saturated rings. The fourth-order valence-corrected chi connectivity index (χ4v) is 1.50. The summed E-state index contributed by atoms with van der Waals surface area (Å²) >= 11 is 0. The third-order valence-electron chi connectivity index (χ3n) is 2.50. The summed E-state index contributed by atoms with van der Waals surface area (Å²) in [4.78, 5) is 0. The molecule has 0 spiro atoms. The van der Waals surface area contributed by atoms with Gasteiger partial charge in [0, 0.05) is 0 Å². The Morgan fingerprint density at radius 1 is 1.26 bits per heavy atom. The highest BCUT2D eigenvalue weighted by Gasteiger charge is 2.06. The Bertz CT molecular complexity index is 500. The van der Waals surface area contributed by atoms with Crippen molar-refractivity contribution in [1.82, 2.24) is 0 Å². The third kappa shape index (κ3) is 4.70. The summed E-state index contributed by atoms with van der Waals surface area (Å²) in [5.74, 6) is 3.02. The molecule has 0 N–H and O–H groups in total. The van der Waals surface area contributed by atoms with Crippen LogP contribution in [-0.2, 0) is 16.1 Å². The highest BCUT2D eigenvalue weighted by Crippen LogP contribution is 2.18. The number of allylic oxidation sites excluding steroid dienone is 4. The van der Waals surface area contributed by atoms with Gasteiger partial charge in [0.15, 0.2) is 5.76 Å². The molecule has 0 aromatic carbocycles. The fourth-order valence-electron chi connectivity index (χ4n) is 1.50. The predicted octanol–water partition coefficient (Wildman–Crippen LogP) is 4.67. The number of hydrogen-bond acceptors (Lipinski definition) is 3. The Balaban J connectivity index is 2.71. The summed E-state index contributed by atoms with van der Waals surface area (Å²) in [5.41, 5.74) is 2.06. The molecule has 0 aliphatic carbocycles. The molecule has 0 atom stereocenters. The van der Waals surface area contributed by atoms with Crippen LogP contribution in [0.3, 0.4) is 0 Å². The molecule has 1 aromatic heterocycles. The van der Waals surface area contributed by atoms with Crippen molar-refractivity contribution in [3.05, 3.63) is 53.4 Å². The van der Waals surface area contributed by atoms with Crippen molar-refractivity contribution < 1.29 is 13.9 Å². The second-order valence-electron chi connectivity index (χ2n) is 4.68. The van der Waals surface area contributed by atoms with Crippen LogP contribution in [0.25, 0.3) is 5.57 Å². The highest BCUT2D eigenvalue weighted by atomic mass is 16.5. The van der Waals surface area contributed by atoms with Gasteiger partial charge in [0.25, 0.3) is 0 Å². The molecular weight excluding hydrogens is 240 g/mol. The van der Waals surface area contributed by atoms with E-state index in [4.69, 9.17) is 13.9 Å². The SMILES string of the molecule is C=C(C)c1ccc(CO/C(C)=C(/C=C(C)C)OC)o1. The molecule has 0 amide bonds. The lowest BCUT2D eigenvalue weighted by Crippen LogP contribution is -1.95. The molecular formula is C16H22O3. The Hall–Kier alpha value is -1.90. The first kappa shape index (κ1) is 15.2. The minimum atomic E-state index is 0.378. The smallest absolute Gasteiger partial charge is 0.156 e. The largest absolute Gasteiger partial charge is 0.493 e. The molecule has 0 unspecified atom stereocenters. The molecule has 0 saturated heterocycles. The number of methoxy groups -OCH3 is 1. The summed E-state index contributed by atoms with van der Waals surface area (Å²) < 4.78 is 16.5. The van der Waals surface area contributed by atoms with Crippen LogP contribution in [0.2, 0.25) is 0 Å². The van der Waals surface area contributed by atoms with Crippen LogP contribution in [0.5, 0.6) is 0 Å². The topological polar surface area (TPSA) is 31.6 Å². The summed E-state index contributed by atoms with van der Waals surface area (Å²) in [6, 6.07) is 3.79. The van der Waals surface area contributed by atoms with Crippen LogP contribution in [0.15, 0.2) is 46.3 Å². The van der Waals surface area contributed by atoms with Gasteiger partial charge >= 0.3 is 0 Å². The number of rotatable bonds is 6. The Labute approximate surface area is 115 Å². The molecule has 0 saturated carbocycles. The van der Waals surface area contributed by atoms with Gasteiger partial charge in [-0.15, -0.1) is 0 Å². The van der Waals surface area contributed by atoms with E-state index in [0.717, 1.165) is 34.2 Å². The van der Waals surface area contributed by atoms with E-state index in [1.807, 2.05) is 45.9 Å². The van der Waals surface area contributed by atoms with Crippen LogP contribution in [0.1, 0.15) is 39.2 Å². The maximum atomic E-state index is 5.66. The minimum Gasteiger partial charge on any atom is -0.493 e. The number of furan rings is 1. The maximum Gasteiger partial charge on any atom is 0.156 e. The quantitative estimate of drug-likeness (QED) is 0.551. The highest BCUT2D eigenvalue weighted by molar-refractivity contribution is 5.56. The van der Waals surface area contributed by atoms with Crippen LogP contribution < -0.4 is 0 Å². The van der Waals surface area contributed by atoms with E-state index in [1.54, 1.807) is 7.11 Å². The van der Waals surface area contributed by atoms with Crippen molar-refractivity contribution in [3.8, 4) is 0 Å². The van der Waals surface area contributed by atoms with E-state index in [0.29, 0.717) is 6.61 Å². The van der Waals surface area contributed by atoms with E-state index in [-0.39, 0.29) is 0 Å². The fraction of sp³-hybridized carbons (Fsp3) is 0.375. The van der Waals surface area contributed by atoms with Crippen molar-refractivity contribution in [3.63, 3.8) is 0 Å². The molecule has 0 bridgehead atoms. The van der Waals surface area contributed by atoms with E-state index >= 15 is 0 Å². The van der Waals surface area contributed by atoms with E-state index < -0.39 is 0 Å². The Kier molecular flexibility index (Phi) is 5.49. The van der Waals surface area contributed by atoms with Crippen LogP contribution >= 0.6 is 0 Å². The molecule has 1 aromatic rings. The summed E-state index contributed by atoms with van der Waals surface area (Å²) in [6.45, 7) is 12.0. The van der Waals surface area contributed by atoms with Gasteiger partial charge in [0.2, 0.25) is 0 Å². The molecule has 1 rings (SSSR count). The first-order chi connectivity index (χ1) is 8.93. The van der Waals surface area contributed by atoms with Gasteiger partial charge < -0.3 is 13.9 Å². The molecule has 0 radical (unpaired) electrons. The zero-order valence-electron chi connectivity index (χ0n) is 12.4. The lowest BCUT2D eigenvalue weighted by molar-refractivity contribution is 0.156. The molecule has 104 valence electrons. The van der Waals surface area contributed by atoms with Gasteiger partial charge in [-0.05, 0) is 51.5 Å². The van der Waals surface area contributed by atoms with Crippen LogP contribution in [0, 0.1) is 0 Å². The molecule has 3 nitrogen and oxygen atoms in total. The normalized spacial score (nSPS) is 11.6. The van der Waals surface area contributed by atoms with Gasteiger partial charge in [0.1, 0.15) is 23.9 Å². The lowest BCUT2D eigenvalue weighted by Gasteiger charge is -2.09. The molecule has 1 heterocycles. The zero-order valence-corrected chi connectivity index (χ0v) is 12.4. The minimum absolute atomic E-state index is 0.378. The first-order valence-corrected chi connectivity index (χ1v) is 6.21. The van der Waals surface area contributed by atoms with Crippen LogP contribution in [0.4, 0.5) is 0 Å². The van der Waals surface area contributed by atoms with Crippen LogP contribution in [-0.4, -0.2) is 7.11 Å². The van der Waals surface area contributed by atoms with Crippen molar-refractivity contribution >= 4 is 5.57 Å². The third-order valence-corrected chi connectivity index (χ3v) is 2.50. The van der Waals surface area contributed by atoms with Gasteiger partial charge in [-0.2, -0.15) is 0 Å². The van der Waals surface area contributed by atoms with Crippen molar-refractivity contribution in [2.24, 2.45) is 0 Å². The average Bonchev–Trinajstić information content (AvgIpc) is 2.81. The van der Waals surface area contributed by atoms with Gasteiger partial charge in [0.05, 0.1) is 7.11 Å². The second kappa shape index (κ2) is 6.88. The zero-order chi connectivity index (χ0) is 14.4. The summed E-state index contributed by atoms with van der Waals surface area (Å²) in [6.07, 6.45) is 1.94. The molecule has 0 aliphatic heterocycles. The molecule has 19 heavy (non-hydrogen) atoms. The lowest BCUT2D eigenvalue weighted by atomic mass is 10.3. The molecule has 0 aliphatic rings.